The van der Waals surface area contributed by atoms with Crippen molar-refractivity contribution in [1.82, 2.24) is 14.7 Å². The van der Waals surface area contributed by atoms with Gasteiger partial charge in [-0.15, -0.1) is 0 Å². The zero-order valence-corrected chi connectivity index (χ0v) is 16.8. The van der Waals surface area contributed by atoms with Crippen LogP contribution in [0.2, 0.25) is 5.02 Å². The molecular weight excluding hydrogens is 374 g/mol. The number of fused-ring (bicyclic) bond motifs is 1. The van der Waals surface area contributed by atoms with Crippen LogP contribution in [-0.2, 0) is 17.8 Å². The van der Waals surface area contributed by atoms with Gasteiger partial charge in [-0.05, 0) is 55.7 Å². The standard InChI is InChI=1S/C22H26ClN3O2/c23-20-3-1-2-17(8-20)22(27)25-10-18-12-26(9-15-4-5-15)24-21(18)19(11-25)14-28-13-16-6-7-16/h1-3,8,12,15-16,19H,4-7,9-11,13-14H2. The summed E-state index contributed by atoms with van der Waals surface area (Å²) in [5, 5.41) is 5.47. The summed E-state index contributed by atoms with van der Waals surface area (Å²) in [6.45, 7) is 3.69. The summed E-state index contributed by atoms with van der Waals surface area (Å²) in [5.41, 5.74) is 2.91. The van der Waals surface area contributed by atoms with E-state index in [-0.39, 0.29) is 11.8 Å². The van der Waals surface area contributed by atoms with Gasteiger partial charge in [0.2, 0.25) is 0 Å². The lowest BCUT2D eigenvalue weighted by molar-refractivity contribution is 0.0625. The van der Waals surface area contributed by atoms with Gasteiger partial charge in [0.1, 0.15) is 0 Å². The van der Waals surface area contributed by atoms with E-state index >= 15 is 0 Å². The summed E-state index contributed by atoms with van der Waals surface area (Å²) in [6.07, 6.45) is 7.31. The van der Waals surface area contributed by atoms with Crippen molar-refractivity contribution in [2.24, 2.45) is 11.8 Å². The minimum absolute atomic E-state index is 0.0234. The number of carbonyl (C=O) groups excluding carboxylic acids is 1. The van der Waals surface area contributed by atoms with Crippen LogP contribution in [0.15, 0.2) is 30.5 Å². The quantitative estimate of drug-likeness (QED) is 0.703. The number of carbonyl (C=O) groups is 1. The van der Waals surface area contributed by atoms with E-state index in [2.05, 4.69) is 10.9 Å². The second-order valence-corrected chi connectivity index (χ2v) is 9.02. The molecule has 2 aliphatic carbocycles. The Balaban J connectivity index is 1.35. The van der Waals surface area contributed by atoms with Crippen molar-refractivity contribution in [2.45, 2.75) is 44.7 Å². The number of aromatic nitrogens is 2. The molecule has 1 unspecified atom stereocenters. The molecule has 0 bridgehead atoms. The predicted molar refractivity (Wildman–Crippen MR) is 107 cm³/mol. The van der Waals surface area contributed by atoms with E-state index in [9.17, 15) is 4.79 Å². The molecule has 1 aromatic heterocycles. The Morgan fingerprint density at radius 2 is 2.00 bits per heavy atom. The fourth-order valence-electron chi connectivity index (χ4n) is 3.98. The van der Waals surface area contributed by atoms with Crippen LogP contribution in [0.4, 0.5) is 0 Å². The monoisotopic (exact) mass is 399 g/mol. The van der Waals surface area contributed by atoms with Crippen LogP contribution in [-0.4, -0.2) is 40.3 Å². The maximum Gasteiger partial charge on any atom is 0.254 e. The molecule has 1 amide bonds. The molecule has 2 fully saturated rings. The molecule has 1 aliphatic heterocycles. The summed E-state index contributed by atoms with van der Waals surface area (Å²) in [7, 11) is 0. The predicted octanol–water partition coefficient (Wildman–Crippen LogP) is 4.11. The van der Waals surface area contributed by atoms with Gasteiger partial charge in [0.05, 0.1) is 12.3 Å². The molecule has 0 spiro atoms. The molecule has 2 aromatic rings. The summed E-state index contributed by atoms with van der Waals surface area (Å²) in [5.74, 6) is 1.66. The lowest BCUT2D eigenvalue weighted by Gasteiger charge is -2.32. The third-order valence-corrected chi connectivity index (χ3v) is 6.16. The van der Waals surface area contributed by atoms with Crippen LogP contribution in [0.1, 0.15) is 53.2 Å². The molecule has 2 saturated carbocycles. The van der Waals surface area contributed by atoms with E-state index in [1.807, 2.05) is 17.0 Å². The average molecular weight is 400 g/mol. The number of hydrogen-bond donors (Lipinski definition) is 0. The number of amides is 1. The maximum atomic E-state index is 13.1. The molecular formula is C22H26ClN3O2. The van der Waals surface area contributed by atoms with E-state index in [0.29, 0.717) is 30.3 Å². The highest BCUT2D eigenvalue weighted by atomic mass is 35.5. The summed E-state index contributed by atoms with van der Waals surface area (Å²) >= 11 is 6.10. The molecule has 28 heavy (non-hydrogen) atoms. The molecule has 0 radical (unpaired) electrons. The summed E-state index contributed by atoms with van der Waals surface area (Å²) in [6, 6.07) is 7.20. The number of halogens is 1. The Bertz CT molecular complexity index is 872. The fourth-order valence-corrected chi connectivity index (χ4v) is 4.17. The van der Waals surface area contributed by atoms with Gasteiger partial charge in [-0.2, -0.15) is 5.10 Å². The number of rotatable bonds is 7. The summed E-state index contributed by atoms with van der Waals surface area (Å²) < 4.78 is 8.09. The molecule has 0 saturated heterocycles. The van der Waals surface area contributed by atoms with Gasteiger partial charge in [0.25, 0.3) is 5.91 Å². The van der Waals surface area contributed by atoms with E-state index in [1.54, 1.807) is 12.1 Å². The lowest BCUT2D eigenvalue weighted by Crippen LogP contribution is -2.39. The number of hydrogen-bond acceptors (Lipinski definition) is 3. The number of ether oxygens (including phenoxy) is 1. The zero-order chi connectivity index (χ0) is 19.1. The molecule has 5 nitrogen and oxygen atoms in total. The first-order valence-corrected chi connectivity index (χ1v) is 10.7. The molecule has 1 atom stereocenters. The van der Waals surface area contributed by atoms with Crippen molar-refractivity contribution in [1.29, 1.82) is 0 Å². The van der Waals surface area contributed by atoms with Crippen molar-refractivity contribution in [2.75, 3.05) is 19.8 Å². The Morgan fingerprint density at radius 3 is 2.75 bits per heavy atom. The van der Waals surface area contributed by atoms with Gasteiger partial charge in [0.15, 0.2) is 0 Å². The molecule has 6 heteroatoms. The lowest BCUT2D eigenvalue weighted by atomic mass is 9.96. The number of nitrogens with zero attached hydrogens (tertiary/aromatic N) is 3. The van der Waals surface area contributed by atoms with Crippen molar-refractivity contribution < 1.29 is 9.53 Å². The Labute approximate surface area is 170 Å². The fraction of sp³-hybridized carbons (Fsp3) is 0.545. The van der Waals surface area contributed by atoms with E-state index in [1.165, 1.54) is 25.7 Å². The van der Waals surface area contributed by atoms with Gasteiger partial charge < -0.3 is 9.64 Å². The Morgan fingerprint density at radius 1 is 1.18 bits per heavy atom. The Kier molecular flexibility index (Phi) is 4.89. The van der Waals surface area contributed by atoms with E-state index in [0.717, 1.165) is 36.2 Å². The van der Waals surface area contributed by atoms with Gasteiger partial charge in [0, 0.05) is 54.5 Å². The van der Waals surface area contributed by atoms with E-state index in [4.69, 9.17) is 21.4 Å². The van der Waals surface area contributed by atoms with Crippen molar-refractivity contribution >= 4 is 17.5 Å². The SMILES string of the molecule is O=C(c1cccc(Cl)c1)N1Cc2cn(CC3CC3)nc2C(COCC2CC2)C1. The van der Waals surface area contributed by atoms with Crippen LogP contribution in [0.5, 0.6) is 0 Å². The highest BCUT2D eigenvalue weighted by molar-refractivity contribution is 6.30. The largest absolute Gasteiger partial charge is 0.380 e. The van der Waals surface area contributed by atoms with Gasteiger partial charge >= 0.3 is 0 Å². The van der Waals surface area contributed by atoms with Gasteiger partial charge in [-0.3, -0.25) is 9.48 Å². The minimum Gasteiger partial charge on any atom is -0.380 e. The van der Waals surface area contributed by atoms with E-state index < -0.39 is 0 Å². The van der Waals surface area contributed by atoms with Crippen LogP contribution < -0.4 is 0 Å². The van der Waals surface area contributed by atoms with Crippen molar-refractivity contribution in [3.05, 3.63) is 52.3 Å². The summed E-state index contributed by atoms with van der Waals surface area (Å²) in [4.78, 5) is 15.0. The molecule has 2 heterocycles. The normalized spacial score (nSPS) is 21.6. The molecule has 0 N–H and O–H groups in total. The second kappa shape index (κ2) is 7.53. The number of benzene rings is 1. The van der Waals surface area contributed by atoms with Crippen LogP contribution in [0.25, 0.3) is 0 Å². The zero-order valence-electron chi connectivity index (χ0n) is 16.0. The van der Waals surface area contributed by atoms with Gasteiger partial charge in [-0.25, -0.2) is 0 Å². The first-order chi connectivity index (χ1) is 13.7. The average Bonchev–Trinajstić information content (AvgIpc) is 3.60. The first-order valence-electron chi connectivity index (χ1n) is 10.3. The highest BCUT2D eigenvalue weighted by Crippen LogP contribution is 2.34. The second-order valence-electron chi connectivity index (χ2n) is 8.58. The topological polar surface area (TPSA) is 47.4 Å². The van der Waals surface area contributed by atoms with Crippen LogP contribution in [0, 0.1) is 11.8 Å². The molecule has 1 aromatic carbocycles. The maximum absolute atomic E-state index is 13.1. The highest BCUT2D eigenvalue weighted by Gasteiger charge is 2.33. The molecule has 5 rings (SSSR count). The molecule has 3 aliphatic rings. The van der Waals surface area contributed by atoms with Crippen LogP contribution in [0.3, 0.4) is 0 Å². The van der Waals surface area contributed by atoms with Crippen molar-refractivity contribution in [3.8, 4) is 0 Å². The molecule has 148 valence electrons. The van der Waals surface area contributed by atoms with Crippen LogP contribution >= 0.6 is 11.6 Å². The minimum atomic E-state index is 0.0234. The third-order valence-electron chi connectivity index (χ3n) is 5.93. The van der Waals surface area contributed by atoms with Gasteiger partial charge in [-0.1, -0.05) is 17.7 Å². The first kappa shape index (κ1) is 18.2. The smallest absolute Gasteiger partial charge is 0.254 e. The van der Waals surface area contributed by atoms with Crippen molar-refractivity contribution in [3.63, 3.8) is 0 Å². The third kappa shape index (κ3) is 4.11. The Hall–Kier alpha value is -1.85.